The molecule has 0 atom stereocenters. The molecule has 0 spiro atoms. The van der Waals surface area contributed by atoms with Crippen molar-refractivity contribution in [1.82, 2.24) is 15.0 Å². The third-order valence-electron chi connectivity index (χ3n) is 2.94. The maximum absolute atomic E-state index is 11.3. The molecule has 0 saturated heterocycles. The molecular weight excluding hydrogens is 178 g/mol. The lowest BCUT2D eigenvalue weighted by Crippen LogP contribution is -2.32. The Labute approximate surface area is 84.3 Å². The molecule has 0 N–H and O–H groups in total. The molecule has 78 valence electrons. The second kappa shape index (κ2) is 3.90. The van der Waals surface area contributed by atoms with Gasteiger partial charge in [0, 0.05) is 6.92 Å². The fourth-order valence-corrected chi connectivity index (χ4v) is 1.42. The van der Waals surface area contributed by atoms with E-state index in [-0.39, 0.29) is 11.3 Å². The Morgan fingerprint density at radius 3 is 2.50 bits per heavy atom. The van der Waals surface area contributed by atoms with Crippen LogP contribution in [0, 0.1) is 0 Å². The summed E-state index contributed by atoms with van der Waals surface area (Å²) in [6.45, 7) is 7.82. The quantitative estimate of drug-likeness (QED) is 0.690. The van der Waals surface area contributed by atoms with Crippen LogP contribution < -0.4 is 0 Å². The molecule has 0 saturated carbocycles. The number of rotatable bonds is 4. The SMILES string of the molecule is CCC(C)(CC)n1nncc1C(C)=O. The van der Waals surface area contributed by atoms with Crippen LogP contribution in [0.2, 0.25) is 0 Å². The second-order valence-electron chi connectivity index (χ2n) is 3.79. The predicted octanol–water partition coefficient (Wildman–Crippen LogP) is 2.02. The highest BCUT2D eigenvalue weighted by molar-refractivity contribution is 5.92. The number of hydrogen-bond donors (Lipinski definition) is 0. The highest BCUT2D eigenvalue weighted by Gasteiger charge is 2.26. The Kier molecular flexibility index (Phi) is 3.03. The van der Waals surface area contributed by atoms with Gasteiger partial charge in [0.25, 0.3) is 0 Å². The third-order valence-corrected chi connectivity index (χ3v) is 2.94. The molecule has 1 aromatic rings. The van der Waals surface area contributed by atoms with Crippen LogP contribution >= 0.6 is 0 Å². The summed E-state index contributed by atoms with van der Waals surface area (Å²) in [6.07, 6.45) is 3.41. The van der Waals surface area contributed by atoms with Crippen molar-refractivity contribution in [3.63, 3.8) is 0 Å². The highest BCUT2D eigenvalue weighted by atomic mass is 16.1. The first-order valence-electron chi connectivity index (χ1n) is 4.97. The van der Waals surface area contributed by atoms with Gasteiger partial charge in [-0.05, 0) is 19.8 Å². The van der Waals surface area contributed by atoms with Gasteiger partial charge >= 0.3 is 0 Å². The Balaban J connectivity index is 3.17. The molecule has 14 heavy (non-hydrogen) atoms. The van der Waals surface area contributed by atoms with Crippen LogP contribution in [0.4, 0.5) is 0 Å². The Morgan fingerprint density at radius 2 is 2.07 bits per heavy atom. The number of carbonyl (C=O) groups is 1. The zero-order valence-corrected chi connectivity index (χ0v) is 9.24. The number of hydrogen-bond acceptors (Lipinski definition) is 3. The van der Waals surface area contributed by atoms with E-state index in [0.717, 1.165) is 12.8 Å². The van der Waals surface area contributed by atoms with E-state index < -0.39 is 0 Å². The van der Waals surface area contributed by atoms with Gasteiger partial charge in [-0.25, -0.2) is 4.68 Å². The van der Waals surface area contributed by atoms with Gasteiger partial charge in [-0.1, -0.05) is 19.1 Å². The predicted molar refractivity (Wildman–Crippen MR) is 54.3 cm³/mol. The Hall–Kier alpha value is -1.19. The van der Waals surface area contributed by atoms with Gasteiger partial charge in [0.15, 0.2) is 5.78 Å². The first-order chi connectivity index (χ1) is 6.55. The minimum atomic E-state index is -0.0997. The van der Waals surface area contributed by atoms with Crippen LogP contribution in [0.25, 0.3) is 0 Å². The maximum Gasteiger partial charge on any atom is 0.179 e. The van der Waals surface area contributed by atoms with Crippen LogP contribution in [0.1, 0.15) is 51.0 Å². The molecule has 0 fully saturated rings. The standard InChI is InChI=1S/C10H17N3O/c1-5-10(4,6-2)13-9(8(3)14)7-11-12-13/h7H,5-6H2,1-4H3. The second-order valence-corrected chi connectivity index (χ2v) is 3.79. The number of nitrogens with zero attached hydrogens (tertiary/aromatic N) is 3. The lowest BCUT2D eigenvalue weighted by atomic mass is 9.95. The van der Waals surface area contributed by atoms with E-state index >= 15 is 0 Å². The lowest BCUT2D eigenvalue weighted by molar-refractivity contribution is 0.0990. The highest BCUT2D eigenvalue weighted by Crippen LogP contribution is 2.24. The molecule has 0 bridgehead atoms. The summed E-state index contributed by atoms with van der Waals surface area (Å²) < 4.78 is 1.75. The minimum Gasteiger partial charge on any atom is -0.293 e. The molecule has 0 unspecified atom stereocenters. The number of aromatic nitrogens is 3. The zero-order chi connectivity index (χ0) is 10.8. The Bertz CT molecular complexity index is 326. The average molecular weight is 195 g/mol. The molecule has 0 aromatic carbocycles. The van der Waals surface area contributed by atoms with Crippen molar-refractivity contribution in [1.29, 1.82) is 0 Å². The summed E-state index contributed by atoms with van der Waals surface area (Å²) in [5.74, 6) is 0.0168. The van der Waals surface area contributed by atoms with E-state index in [1.807, 2.05) is 0 Å². The van der Waals surface area contributed by atoms with E-state index in [1.165, 1.54) is 6.20 Å². The third kappa shape index (κ3) is 1.69. The van der Waals surface area contributed by atoms with Crippen molar-refractivity contribution < 1.29 is 4.79 Å². The maximum atomic E-state index is 11.3. The van der Waals surface area contributed by atoms with E-state index in [9.17, 15) is 4.79 Å². The van der Waals surface area contributed by atoms with Gasteiger partial charge in [-0.3, -0.25) is 4.79 Å². The molecule has 0 aliphatic heterocycles. The fourth-order valence-electron chi connectivity index (χ4n) is 1.42. The molecule has 0 radical (unpaired) electrons. The minimum absolute atomic E-state index is 0.0168. The number of carbonyl (C=O) groups excluding carboxylic acids is 1. The molecule has 1 heterocycles. The summed E-state index contributed by atoms with van der Waals surface area (Å²) in [5, 5.41) is 7.79. The van der Waals surface area contributed by atoms with Crippen LogP contribution in [0.3, 0.4) is 0 Å². The van der Waals surface area contributed by atoms with Crippen molar-refractivity contribution in [3.8, 4) is 0 Å². The van der Waals surface area contributed by atoms with Crippen molar-refractivity contribution >= 4 is 5.78 Å². The molecule has 4 heteroatoms. The van der Waals surface area contributed by atoms with Crippen molar-refractivity contribution in [2.24, 2.45) is 0 Å². The molecule has 0 aliphatic rings. The summed E-state index contributed by atoms with van der Waals surface area (Å²) >= 11 is 0. The van der Waals surface area contributed by atoms with E-state index in [0.29, 0.717) is 5.69 Å². The number of ketones is 1. The molecule has 0 aliphatic carbocycles. The zero-order valence-electron chi connectivity index (χ0n) is 9.24. The first-order valence-corrected chi connectivity index (χ1v) is 4.97. The first kappa shape index (κ1) is 10.9. The van der Waals surface area contributed by atoms with Gasteiger partial charge in [0.1, 0.15) is 5.69 Å². The summed E-state index contributed by atoms with van der Waals surface area (Å²) in [6, 6.07) is 0. The van der Waals surface area contributed by atoms with Crippen molar-refractivity contribution in [2.75, 3.05) is 0 Å². The van der Waals surface area contributed by atoms with E-state index in [4.69, 9.17) is 0 Å². The number of Topliss-reactive ketones (excluding diaryl/α,β-unsaturated/α-hetero) is 1. The van der Waals surface area contributed by atoms with Gasteiger partial charge in [-0.15, -0.1) is 5.10 Å². The van der Waals surface area contributed by atoms with Gasteiger partial charge in [0.2, 0.25) is 0 Å². The average Bonchev–Trinajstić information content (AvgIpc) is 2.65. The van der Waals surface area contributed by atoms with Gasteiger partial charge in [-0.2, -0.15) is 0 Å². The van der Waals surface area contributed by atoms with Crippen LogP contribution in [0.5, 0.6) is 0 Å². The molecule has 1 aromatic heterocycles. The molecule has 0 amide bonds. The normalized spacial score (nSPS) is 11.7. The van der Waals surface area contributed by atoms with Gasteiger partial charge < -0.3 is 0 Å². The molecule has 4 nitrogen and oxygen atoms in total. The topological polar surface area (TPSA) is 47.8 Å². The van der Waals surface area contributed by atoms with Crippen LogP contribution in [-0.2, 0) is 5.54 Å². The van der Waals surface area contributed by atoms with Crippen LogP contribution in [0.15, 0.2) is 6.20 Å². The molecule has 1 rings (SSSR count). The smallest absolute Gasteiger partial charge is 0.179 e. The van der Waals surface area contributed by atoms with E-state index in [1.54, 1.807) is 11.6 Å². The lowest BCUT2D eigenvalue weighted by Gasteiger charge is -2.27. The van der Waals surface area contributed by atoms with E-state index in [2.05, 4.69) is 31.1 Å². The summed E-state index contributed by atoms with van der Waals surface area (Å²) in [4.78, 5) is 11.3. The van der Waals surface area contributed by atoms with Crippen LogP contribution in [-0.4, -0.2) is 20.8 Å². The largest absolute Gasteiger partial charge is 0.293 e. The summed E-state index contributed by atoms with van der Waals surface area (Å²) in [7, 11) is 0. The van der Waals surface area contributed by atoms with Gasteiger partial charge in [0.05, 0.1) is 11.7 Å². The summed E-state index contributed by atoms with van der Waals surface area (Å²) in [5.41, 5.74) is 0.494. The fraction of sp³-hybridized carbons (Fsp3) is 0.700. The Morgan fingerprint density at radius 1 is 1.50 bits per heavy atom. The molecular formula is C10H17N3O. The van der Waals surface area contributed by atoms with Crippen molar-refractivity contribution in [2.45, 2.75) is 46.1 Å². The van der Waals surface area contributed by atoms with Crippen molar-refractivity contribution in [3.05, 3.63) is 11.9 Å². The monoisotopic (exact) mass is 195 g/mol.